The summed E-state index contributed by atoms with van der Waals surface area (Å²) < 4.78 is 6.56. The van der Waals surface area contributed by atoms with Crippen LogP contribution in [0.25, 0.3) is 6.08 Å². The first-order valence-corrected chi connectivity index (χ1v) is 18.9. The summed E-state index contributed by atoms with van der Waals surface area (Å²) in [5, 5.41) is 23.0. The van der Waals surface area contributed by atoms with Crippen molar-refractivity contribution < 1.29 is 24.2 Å². The van der Waals surface area contributed by atoms with Crippen LogP contribution in [0.4, 0.5) is 0 Å². The third-order valence-electron chi connectivity index (χ3n) is 9.24. The fourth-order valence-electron chi connectivity index (χ4n) is 4.74. The van der Waals surface area contributed by atoms with Crippen LogP contribution in [0.3, 0.4) is 0 Å². The van der Waals surface area contributed by atoms with Crippen LogP contribution in [0.1, 0.15) is 105 Å². The first kappa shape index (κ1) is 37.4. The minimum Gasteiger partial charge on any atom is -0.481 e. The summed E-state index contributed by atoms with van der Waals surface area (Å²) in [6, 6.07) is 0. The maximum absolute atomic E-state index is 13.8. The standard InChI is InChI=1S/C33H57NO5SSi/c1-22(17-15-13-14-16-18-28(35)23(2)19-27-21-40-26(5)34-27)24(3)25(4)31(38)33(9,10)29(20-30(36)37)39-41(11,12)32(6,7)8/h14,16,19,21-22,24-25,28-29,35H,13,15,17-18,20H2,1-12H3,(H,36,37)/b16-14-,23-19+/t22-,24-,25+,28-,29-/m0/s1. The number of hydrogen-bond donors (Lipinski definition) is 2. The van der Waals surface area contributed by atoms with E-state index >= 15 is 0 Å². The van der Waals surface area contributed by atoms with Gasteiger partial charge in [0.25, 0.3) is 0 Å². The van der Waals surface area contributed by atoms with E-state index in [4.69, 9.17) is 4.43 Å². The molecule has 0 saturated heterocycles. The van der Waals surface area contributed by atoms with Gasteiger partial charge in [0.2, 0.25) is 0 Å². The summed E-state index contributed by atoms with van der Waals surface area (Å²) in [7, 11) is -2.28. The van der Waals surface area contributed by atoms with E-state index in [0.29, 0.717) is 12.3 Å². The molecule has 1 aromatic rings. The molecule has 1 rings (SSSR count). The monoisotopic (exact) mass is 607 g/mol. The molecule has 1 heterocycles. The Hall–Kier alpha value is -1.61. The number of Topliss-reactive ketones (excluding diaryl/α,β-unsaturated/α-hetero) is 1. The Labute approximate surface area is 254 Å². The lowest BCUT2D eigenvalue weighted by molar-refractivity contribution is -0.145. The van der Waals surface area contributed by atoms with E-state index in [1.165, 1.54) is 0 Å². The maximum atomic E-state index is 13.8. The second-order valence-electron chi connectivity index (χ2n) is 14.0. The molecule has 0 aliphatic heterocycles. The summed E-state index contributed by atoms with van der Waals surface area (Å²) >= 11 is 1.60. The molecule has 6 nitrogen and oxygen atoms in total. The van der Waals surface area contributed by atoms with Gasteiger partial charge in [-0.3, -0.25) is 9.59 Å². The molecule has 0 aromatic carbocycles. The van der Waals surface area contributed by atoms with Crippen molar-refractivity contribution in [2.75, 3.05) is 0 Å². The Balaban J connectivity index is 2.69. The molecule has 0 spiro atoms. The number of rotatable bonds is 17. The van der Waals surface area contributed by atoms with E-state index in [9.17, 15) is 19.8 Å². The van der Waals surface area contributed by atoms with E-state index in [1.54, 1.807) is 11.3 Å². The number of nitrogens with zero attached hydrogens (tertiary/aromatic N) is 1. The lowest BCUT2D eigenvalue weighted by Gasteiger charge is -2.44. The number of carbonyl (C=O) groups excluding carboxylic acids is 1. The summed E-state index contributed by atoms with van der Waals surface area (Å²) in [5.41, 5.74) is 0.896. The Morgan fingerprint density at radius 1 is 1.12 bits per heavy atom. The average molecular weight is 608 g/mol. The first-order chi connectivity index (χ1) is 18.7. The van der Waals surface area contributed by atoms with Crippen LogP contribution in [0, 0.1) is 30.1 Å². The number of hydrogen-bond acceptors (Lipinski definition) is 6. The largest absolute Gasteiger partial charge is 0.481 e. The number of allylic oxidation sites excluding steroid dienone is 1. The Bertz CT molecular complexity index is 1050. The van der Waals surface area contributed by atoms with Crippen molar-refractivity contribution in [1.82, 2.24) is 4.98 Å². The molecule has 0 bridgehead atoms. The molecule has 41 heavy (non-hydrogen) atoms. The van der Waals surface area contributed by atoms with Gasteiger partial charge in [0.1, 0.15) is 5.78 Å². The normalized spacial score (nSPS) is 17.3. The molecular weight excluding hydrogens is 551 g/mol. The highest BCUT2D eigenvalue weighted by atomic mass is 32.1. The number of aliphatic hydroxyl groups excluding tert-OH is 1. The van der Waals surface area contributed by atoms with Crippen molar-refractivity contribution >= 4 is 37.5 Å². The van der Waals surface area contributed by atoms with Crippen LogP contribution in [-0.4, -0.2) is 47.5 Å². The summed E-state index contributed by atoms with van der Waals surface area (Å²) in [6.07, 6.45) is 8.25. The predicted octanol–water partition coefficient (Wildman–Crippen LogP) is 8.70. The number of unbranched alkanes of at least 4 members (excludes halogenated alkanes) is 1. The van der Waals surface area contributed by atoms with Crippen LogP contribution in [0.5, 0.6) is 0 Å². The van der Waals surface area contributed by atoms with Crippen molar-refractivity contribution in [2.24, 2.45) is 23.2 Å². The van der Waals surface area contributed by atoms with Crippen LogP contribution >= 0.6 is 11.3 Å². The SMILES string of the molecule is C/C(=C\c1csc(C)n1)[C@@H](O)C/C=C\CCC[C@H](C)[C@H](C)[C@@H](C)C(=O)C(C)(C)[C@H](CC(=O)O)O[Si](C)(C)C(C)(C)C. The zero-order chi connectivity index (χ0) is 31.8. The number of thiazole rings is 1. The molecule has 0 saturated carbocycles. The Morgan fingerprint density at radius 2 is 1.73 bits per heavy atom. The van der Waals surface area contributed by atoms with Gasteiger partial charge in [0.05, 0.1) is 29.3 Å². The van der Waals surface area contributed by atoms with Gasteiger partial charge in [0.15, 0.2) is 8.32 Å². The minimum atomic E-state index is -2.28. The molecule has 0 amide bonds. The fraction of sp³-hybridized carbons (Fsp3) is 0.727. The number of carbonyl (C=O) groups is 2. The summed E-state index contributed by atoms with van der Waals surface area (Å²) in [4.78, 5) is 30.0. The van der Waals surface area contributed by atoms with Gasteiger partial charge in [-0.15, -0.1) is 11.3 Å². The Kier molecular flexibility index (Phi) is 14.4. The van der Waals surface area contributed by atoms with E-state index in [2.05, 4.69) is 58.8 Å². The number of aliphatic hydroxyl groups is 1. The molecule has 0 unspecified atom stereocenters. The molecule has 0 aliphatic carbocycles. The quantitative estimate of drug-likeness (QED) is 0.104. The van der Waals surface area contributed by atoms with Gasteiger partial charge < -0.3 is 14.6 Å². The second-order valence-corrected chi connectivity index (χ2v) is 19.8. The number of aryl methyl sites for hydroxylation is 1. The molecule has 234 valence electrons. The van der Waals surface area contributed by atoms with Gasteiger partial charge in [0, 0.05) is 16.7 Å². The van der Waals surface area contributed by atoms with Crippen molar-refractivity contribution in [3.8, 4) is 0 Å². The third kappa shape index (κ3) is 11.5. The lowest BCUT2D eigenvalue weighted by atomic mass is 9.70. The average Bonchev–Trinajstić information content (AvgIpc) is 3.26. The third-order valence-corrected chi connectivity index (χ3v) is 14.5. The Morgan fingerprint density at radius 3 is 2.24 bits per heavy atom. The molecule has 0 aliphatic rings. The molecule has 2 N–H and O–H groups in total. The molecule has 1 aromatic heterocycles. The number of ketones is 1. The van der Waals surface area contributed by atoms with Gasteiger partial charge in [-0.25, -0.2) is 4.98 Å². The van der Waals surface area contributed by atoms with Crippen LogP contribution in [-0.2, 0) is 14.0 Å². The van der Waals surface area contributed by atoms with Crippen molar-refractivity contribution in [3.05, 3.63) is 33.8 Å². The highest BCUT2D eigenvalue weighted by molar-refractivity contribution is 7.09. The number of carboxylic acid groups (broad SMARTS) is 1. The van der Waals surface area contributed by atoms with Crippen LogP contribution in [0.2, 0.25) is 18.1 Å². The molecule has 0 radical (unpaired) electrons. The number of carboxylic acids is 1. The number of aromatic nitrogens is 1. The number of aliphatic carboxylic acids is 1. The van der Waals surface area contributed by atoms with Gasteiger partial charge in [-0.2, -0.15) is 0 Å². The molecule has 8 heteroatoms. The van der Waals surface area contributed by atoms with Crippen LogP contribution in [0.15, 0.2) is 23.1 Å². The van der Waals surface area contributed by atoms with Gasteiger partial charge in [-0.05, 0) is 74.7 Å². The topological polar surface area (TPSA) is 96.7 Å². The second kappa shape index (κ2) is 15.7. The van der Waals surface area contributed by atoms with Crippen LogP contribution < -0.4 is 0 Å². The van der Waals surface area contributed by atoms with Crippen molar-refractivity contribution in [2.45, 2.75) is 132 Å². The maximum Gasteiger partial charge on any atom is 0.305 e. The van der Waals surface area contributed by atoms with Gasteiger partial charge >= 0.3 is 5.97 Å². The predicted molar refractivity (Wildman–Crippen MR) is 175 cm³/mol. The van der Waals surface area contributed by atoms with E-state index in [0.717, 1.165) is 35.5 Å². The summed E-state index contributed by atoms with van der Waals surface area (Å²) in [5.74, 6) is -0.569. The zero-order valence-corrected chi connectivity index (χ0v) is 29.5. The van der Waals surface area contributed by atoms with Gasteiger partial charge in [-0.1, -0.05) is 74.0 Å². The fourth-order valence-corrected chi connectivity index (χ4v) is 6.75. The van der Waals surface area contributed by atoms with E-state index < -0.39 is 31.9 Å². The smallest absolute Gasteiger partial charge is 0.305 e. The van der Waals surface area contributed by atoms with E-state index in [-0.39, 0.29) is 29.1 Å². The van der Waals surface area contributed by atoms with Crippen molar-refractivity contribution in [1.29, 1.82) is 0 Å². The summed E-state index contributed by atoms with van der Waals surface area (Å²) in [6.45, 7) is 24.5. The highest BCUT2D eigenvalue weighted by Gasteiger charge is 2.47. The minimum absolute atomic E-state index is 0.0759. The first-order valence-electron chi connectivity index (χ1n) is 15.1. The van der Waals surface area contributed by atoms with Crippen molar-refractivity contribution in [3.63, 3.8) is 0 Å². The molecule has 5 atom stereocenters. The molecule has 0 fully saturated rings. The lowest BCUT2D eigenvalue weighted by Crippen LogP contribution is -2.52. The van der Waals surface area contributed by atoms with E-state index in [1.807, 2.05) is 52.2 Å². The molecular formula is C33H57NO5SSi. The zero-order valence-electron chi connectivity index (χ0n) is 27.7. The highest BCUT2D eigenvalue weighted by Crippen LogP contribution is 2.42.